The van der Waals surface area contributed by atoms with Crippen LogP contribution in [-0.2, 0) is 19.9 Å². The van der Waals surface area contributed by atoms with Crippen molar-refractivity contribution in [2.24, 2.45) is 0 Å². The van der Waals surface area contributed by atoms with Crippen LogP contribution in [0.25, 0.3) is 0 Å². The second-order valence-electron chi connectivity index (χ2n) is 3.85. The van der Waals surface area contributed by atoms with E-state index in [2.05, 4.69) is 4.98 Å². The Morgan fingerprint density at radius 2 is 1.89 bits per heavy atom. The minimum Gasteiger partial charge on any atom is -0.396 e. The molecule has 1 heterocycles. The number of hydrogen-bond acceptors (Lipinski definition) is 6. The van der Waals surface area contributed by atoms with Crippen molar-refractivity contribution in [3.05, 3.63) is 18.5 Å². The average Bonchev–Trinajstić information content (AvgIpc) is 2.25. The highest BCUT2D eigenvalue weighted by Gasteiger charge is 2.21. The Morgan fingerprint density at radius 3 is 2.39 bits per heavy atom. The van der Waals surface area contributed by atoms with E-state index in [1.807, 2.05) is 0 Å². The monoisotopic (exact) mass is 293 g/mol. The highest BCUT2D eigenvalue weighted by molar-refractivity contribution is 7.95. The molecule has 0 fully saturated rings. The van der Waals surface area contributed by atoms with Gasteiger partial charge in [-0.3, -0.25) is 9.29 Å². The van der Waals surface area contributed by atoms with Crippen LogP contribution in [0.1, 0.15) is 0 Å². The summed E-state index contributed by atoms with van der Waals surface area (Å²) in [6.45, 7) is 0. The zero-order valence-corrected chi connectivity index (χ0v) is 11.7. The van der Waals surface area contributed by atoms with Crippen LogP contribution in [0.15, 0.2) is 18.5 Å². The number of hydrogen-bond donors (Lipinski definition) is 1. The zero-order valence-electron chi connectivity index (χ0n) is 10.1. The third kappa shape index (κ3) is 3.84. The summed E-state index contributed by atoms with van der Waals surface area (Å²) in [6.07, 6.45) is 3.73. The fraction of sp³-hybridized carbons (Fsp3) is 0.444. The molecule has 2 N–H and O–H groups in total. The fourth-order valence-electron chi connectivity index (χ4n) is 1.23. The summed E-state index contributed by atoms with van der Waals surface area (Å²) in [4.78, 5) is 3.75. The van der Waals surface area contributed by atoms with Gasteiger partial charge in [0.1, 0.15) is 9.84 Å². The third-order valence-electron chi connectivity index (χ3n) is 2.30. The first kappa shape index (κ1) is 14.7. The van der Waals surface area contributed by atoms with Gasteiger partial charge in [0.05, 0.1) is 29.1 Å². The molecule has 1 rings (SSSR count). The van der Waals surface area contributed by atoms with E-state index in [9.17, 15) is 16.8 Å². The number of rotatable bonds is 5. The minimum absolute atomic E-state index is 0.211. The Morgan fingerprint density at radius 1 is 1.28 bits per heavy atom. The van der Waals surface area contributed by atoms with Crippen molar-refractivity contribution in [2.75, 3.05) is 34.8 Å². The van der Waals surface area contributed by atoms with E-state index in [1.54, 1.807) is 0 Å². The van der Waals surface area contributed by atoms with Crippen LogP contribution in [0.5, 0.6) is 0 Å². The summed E-state index contributed by atoms with van der Waals surface area (Å²) >= 11 is 0. The molecule has 0 aromatic carbocycles. The van der Waals surface area contributed by atoms with E-state index in [1.165, 1.54) is 25.5 Å². The maximum atomic E-state index is 11.9. The predicted molar refractivity (Wildman–Crippen MR) is 70.6 cm³/mol. The van der Waals surface area contributed by atoms with Crippen molar-refractivity contribution < 1.29 is 16.8 Å². The molecule has 0 spiro atoms. The van der Waals surface area contributed by atoms with Gasteiger partial charge in [-0.2, -0.15) is 0 Å². The average molecular weight is 293 g/mol. The lowest BCUT2D eigenvalue weighted by molar-refractivity contribution is 0.589. The lowest BCUT2D eigenvalue weighted by Crippen LogP contribution is -2.32. The number of nitrogen functional groups attached to an aromatic ring is 1. The Kier molecular flexibility index (Phi) is 4.17. The summed E-state index contributed by atoms with van der Waals surface area (Å²) in [6, 6.07) is 1.45. The molecular formula is C9H15N3O4S2. The van der Waals surface area contributed by atoms with Crippen molar-refractivity contribution >= 4 is 31.2 Å². The molecule has 0 saturated heterocycles. The van der Waals surface area contributed by atoms with Gasteiger partial charge in [0, 0.05) is 19.5 Å². The lowest BCUT2D eigenvalue weighted by atomic mass is 10.3. The molecule has 1 aromatic rings. The first-order chi connectivity index (χ1) is 8.13. The molecule has 0 amide bonds. The van der Waals surface area contributed by atoms with E-state index in [-0.39, 0.29) is 11.4 Å². The first-order valence-corrected chi connectivity index (χ1v) is 8.64. The van der Waals surface area contributed by atoms with Crippen molar-refractivity contribution in [3.8, 4) is 0 Å². The molecule has 0 unspecified atom stereocenters. The molecule has 0 atom stereocenters. The van der Waals surface area contributed by atoms with Crippen molar-refractivity contribution in [3.63, 3.8) is 0 Å². The van der Waals surface area contributed by atoms with Crippen LogP contribution in [0.4, 0.5) is 11.4 Å². The molecule has 9 heteroatoms. The predicted octanol–water partition coefficient (Wildman–Crippen LogP) is -0.526. The van der Waals surface area contributed by atoms with Crippen molar-refractivity contribution in [1.82, 2.24) is 4.98 Å². The fourth-order valence-corrected chi connectivity index (χ4v) is 4.02. The second kappa shape index (κ2) is 5.11. The normalized spacial score (nSPS) is 12.3. The molecule has 1 aromatic heterocycles. The van der Waals surface area contributed by atoms with Gasteiger partial charge in [-0.15, -0.1) is 0 Å². The first-order valence-electron chi connectivity index (χ1n) is 4.97. The van der Waals surface area contributed by atoms with Gasteiger partial charge in [-0.05, 0) is 6.07 Å². The minimum atomic E-state index is -3.72. The van der Waals surface area contributed by atoms with Crippen LogP contribution < -0.4 is 10.0 Å². The molecule has 0 aliphatic heterocycles. The Labute approximate surface area is 107 Å². The van der Waals surface area contributed by atoms with Crippen LogP contribution in [0.2, 0.25) is 0 Å². The van der Waals surface area contributed by atoms with E-state index >= 15 is 0 Å². The summed E-state index contributed by atoms with van der Waals surface area (Å²) in [5.41, 5.74) is 6.10. The van der Waals surface area contributed by atoms with Gasteiger partial charge in [-0.25, -0.2) is 16.8 Å². The second-order valence-corrected chi connectivity index (χ2v) is 8.23. The lowest BCUT2D eigenvalue weighted by Gasteiger charge is -2.20. The molecule has 0 aliphatic rings. The molecule has 7 nitrogen and oxygen atoms in total. The highest BCUT2D eigenvalue weighted by atomic mass is 32.2. The van der Waals surface area contributed by atoms with Crippen molar-refractivity contribution in [1.29, 1.82) is 0 Å². The van der Waals surface area contributed by atoms with Gasteiger partial charge in [-0.1, -0.05) is 0 Å². The SMILES string of the molecule is CN(c1ccncc1N)S(=O)(=O)CCS(C)(=O)=O. The third-order valence-corrected chi connectivity index (χ3v) is 5.25. The zero-order chi connectivity index (χ0) is 14.0. The van der Waals surface area contributed by atoms with Crippen LogP contribution in [-0.4, -0.2) is 46.6 Å². The van der Waals surface area contributed by atoms with Crippen LogP contribution >= 0.6 is 0 Å². The van der Waals surface area contributed by atoms with Gasteiger partial charge >= 0.3 is 0 Å². The smallest absolute Gasteiger partial charge is 0.235 e. The Hall–Kier alpha value is -1.35. The van der Waals surface area contributed by atoms with E-state index < -0.39 is 31.4 Å². The number of anilines is 2. The Bertz CT molecular complexity index is 625. The number of pyridine rings is 1. The van der Waals surface area contributed by atoms with E-state index in [0.717, 1.165) is 10.6 Å². The van der Waals surface area contributed by atoms with Crippen LogP contribution in [0.3, 0.4) is 0 Å². The summed E-state index contributed by atoms with van der Waals surface area (Å²) < 4.78 is 46.8. The molecule has 18 heavy (non-hydrogen) atoms. The van der Waals surface area contributed by atoms with Gasteiger partial charge in [0.25, 0.3) is 0 Å². The molecule has 0 radical (unpaired) electrons. The topological polar surface area (TPSA) is 110 Å². The van der Waals surface area contributed by atoms with Gasteiger partial charge < -0.3 is 5.73 Å². The van der Waals surface area contributed by atoms with Gasteiger partial charge in [0.15, 0.2) is 0 Å². The summed E-state index contributed by atoms with van der Waals surface area (Å²) in [5, 5.41) is 0. The molecule has 0 saturated carbocycles. The Balaban J connectivity index is 2.96. The van der Waals surface area contributed by atoms with E-state index in [0.29, 0.717) is 0 Å². The molecule has 0 bridgehead atoms. The number of nitrogens with zero attached hydrogens (tertiary/aromatic N) is 2. The number of sulfone groups is 1. The standard InChI is InChI=1S/C9H15N3O4S2/c1-12(9-3-4-11-7-8(9)10)18(15,16)6-5-17(2,13)14/h3-4,7H,5-6,10H2,1-2H3. The quantitative estimate of drug-likeness (QED) is 0.781. The summed E-state index contributed by atoms with van der Waals surface area (Å²) in [5.74, 6) is -0.908. The number of aromatic nitrogens is 1. The number of nitrogens with two attached hydrogens (primary N) is 1. The maximum Gasteiger partial charge on any atom is 0.235 e. The molecule has 0 aliphatic carbocycles. The molecule has 102 valence electrons. The highest BCUT2D eigenvalue weighted by Crippen LogP contribution is 2.22. The summed E-state index contributed by atoms with van der Waals surface area (Å²) in [7, 11) is -5.73. The van der Waals surface area contributed by atoms with Gasteiger partial charge in [0.2, 0.25) is 10.0 Å². The van der Waals surface area contributed by atoms with Crippen LogP contribution in [0, 0.1) is 0 Å². The largest absolute Gasteiger partial charge is 0.396 e. The van der Waals surface area contributed by atoms with Crippen molar-refractivity contribution in [2.45, 2.75) is 0 Å². The maximum absolute atomic E-state index is 11.9. The number of sulfonamides is 1. The van der Waals surface area contributed by atoms with E-state index in [4.69, 9.17) is 5.73 Å². The molecular weight excluding hydrogens is 278 g/mol.